The van der Waals surface area contributed by atoms with Crippen molar-refractivity contribution in [3.05, 3.63) is 22.9 Å². The average Bonchev–Trinajstić information content (AvgIpc) is 1.93. The highest BCUT2D eigenvalue weighted by Gasteiger charge is 2.08. The second-order valence-electron chi connectivity index (χ2n) is 2.98. The van der Waals surface area contributed by atoms with Crippen LogP contribution in [0.25, 0.3) is 0 Å². The van der Waals surface area contributed by atoms with E-state index in [2.05, 4.69) is 38.8 Å². The van der Waals surface area contributed by atoms with Crippen LogP contribution in [0.1, 0.15) is 20.8 Å². The summed E-state index contributed by atoms with van der Waals surface area (Å²) < 4.78 is 0. The normalized spacial score (nSPS) is 19.6. The van der Waals surface area contributed by atoms with Gasteiger partial charge in [-0.1, -0.05) is 6.08 Å². The summed E-state index contributed by atoms with van der Waals surface area (Å²) in [7, 11) is 2.13. The molecule has 10 heavy (non-hydrogen) atoms. The lowest BCUT2D eigenvalue weighted by Crippen LogP contribution is -2.20. The van der Waals surface area contributed by atoms with E-state index in [0.29, 0.717) is 0 Å². The first-order valence-corrected chi connectivity index (χ1v) is 3.68. The molecule has 0 aromatic rings. The molecule has 0 N–H and O–H groups in total. The Kier molecular flexibility index (Phi) is 1.84. The molecule has 0 aromatic heterocycles. The average molecular weight is 137 g/mol. The number of likely N-dealkylation sites (N-methyl/N-ethyl adjacent to an activating group) is 1. The predicted molar refractivity (Wildman–Crippen MR) is 44.8 cm³/mol. The maximum atomic E-state index is 2.27. The zero-order valence-electron chi connectivity index (χ0n) is 7.23. The van der Waals surface area contributed by atoms with Gasteiger partial charge in [0.1, 0.15) is 0 Å². The van der Waals surface area contributed by atoms with E-state index < -0.39 is 0 Å². The molecule has 0 atom stereocenters. The Labute approximate surface area is 63.0 Å². The fraction of sp³-hybridized carbons (Fsp3) is 0.556. The largest absolute Gasteiger partial charge is 0.374 e. The number of nitrogens with zero attached hydrogens (tertiary/aromatic N) is 1. The minimum Gasteiger partial charge on any atom is -0.374 e. The second-order valence-corrected chi connectivity index (χ2v) is 2.98. The van der Waals surface area contributed by atoms with Crippen molar-refractivity contribution in [3.8, 4) is 0 Å². The molecule has 1 heterocycles. The van der Waals surface area contributed by atoms with Gasteiger partial charge < -0.3 is 4.90 Å². The maximum absolute atomic E-state index is 2.27. The van der Waals surface area contributed by atoms with Crippen molar-refractivity contribution in [3.63, 3.8) is 0 Å². The molecule has 1 nitrogen and oxygen atoms in total. The Morgan fingerprint density at radius 2 is 1.90 bits per heavy atom. The summed E-state index contributed by atoms with van der Waals surface area (Å²) >= 11 is 0. The van der Waals surface area contributed by atoms with Gasteiger partial charge in [0, 0.05) is 19.3 Å². The molecule has 1 rings (SSSR count). The molecule has 1 aliphatic rings. The summed E-state index contributed by atoms with van der Waals surface area (Å²) in [6, 6.07) is 0. The maximum Gasteiger partial charge on any atom is 0.0358 e. The van der Waals surface area contributed by atoms with Crippen molar-refractivity contribution >= 4 is 0 Å². The van der Waals surface area contributed by atoms with E-state index in [1.807, 2.05) is 0 Å². The van der Waals surface area contributed by atoms with Crippen LogP contribution in [0.3, 0.4) is 0 Å². The number of allylic oxidation sites excluding steroid dienone is 3. The molecule has 0 bridgehead atoms. The van der Waals surface area contributed by atoms with Crippen LogP contribution in [0, 0.1) is 0 Å². The number of rotatable bonds is 0. The molecule has 0 aromatic carbocycles. The van der Waals surface area contributed by atoms with Crippen LogP contribution >= 0.6 is 0 Å². The second kappa shape index (κ2) is 2.49. The van der Waals surface area contributed by atoms with E-state index in [0.717, 1.165) is 6.54 Å². The van der Waals surface area contributed by atoms with E-state index in [1.165, 1.54) is 16.8 Å². The summed E-state index contributed by atoms with van der Waals surface area (Å²) in [5, 5.41) is 0. The molecule has 0 amide bonds. The van der Waals surface area contributed by atoms with Crippen molar-refractivity contribution < 1.29 is 0 Å². The van der Waals surface area contributed by atoms with E-state index >= 15 is 0 Å². The van der Waals surface area contributed by atoms with Gasteiger partial charge >= 0.3 is 0 Å². The van der Waals surface area contributed by atoms with Gasteiger partial charge in [-0.05, 0) is 31.9 Å². The molecule has 0 unspecified atom stereocenters. The molecular weight excluding hydrogens is 122 g/mol. The molecule has 0 saturated carbocycles. The first kappa shape index (κ1) is 7.39. The number of hydrogen-bond donors (Lipinski definition) is 0. The first-order chi connectivity index (χ1) is 4.63. The van der Waals surface area contributed by atoms with Crippen LogP contribution in [0.15, 0.2) is 22.9 Å². The van der Waals surface area contributed by atoms with E-state index in [4.69, 9.17) is 0 Å². The van der Waals surface area contributed by atoms with Crippen LogP contribution < -0.4 is 0 Å². The van der Waals surface area contributed by atoms with Gasteiger partial charge in [-0.2, -0.15) is 0 Å². The lowest BCUT2D eigenvalue weighted by atomic mass is 10.0. The van der Waals surface area contributed by atoms with Crippen LogP contribution in [0.5, 0.6) is 0 Å². The zero-order chi connectivity index (χ0) is 7.72. The molecule has 0 radical (unpaired) electrons. The van der Waals surface area contributed by atoms with Gasteiger partial charge in [0.05, 0.1) is 0 Å². The zero-order valence-corrected chi connectivity index (χ0v) is 7.23. The monoisotopic (exact) mass is 137 g/mol. The van der Waals surface area contributed by atoms with Crippen molar-refractivity contribution in [2.75, 3.05) is 13.6 Å². The fourth-order valence-corrected chi connectivity index (χ4v) is 1.14. The third-order valence-electron chi connectivity index (χ3n) is 2.38. The molecule has 0 aliphatic carbocycles. The quantitative estimate of drug-likeness (QED) is 0.494. The Bertz CT molecular complexity index is 199. The van der Waals surface area contributed by atoms with Crippen molar-refractivity contribution in [2.24, 2.45) is 0 Å². The van der Waals surface area contributed by atoms with Crippen LogP contribution in [-0.2, 0) is 0 Å². The molecular formula is C9H15N. The minimum absolute atomic E-state index is 1.06. The molecule has 0 saturated heterocycles. The summed E-state index contributed by atoms with van der Waals surface area (Å²) in [5.41, 5.74) is 4.25. The van der Waals surface area contributed by atoms with E-state index in [1.54, 1.807) is 0 Å². The lowest BCUT2D eigenvalue weighted by molar-refractivity contribution is 0.452. The minimum atomic E-state index is 1.06. The van der Waals surface area contributed by atoms with Gasteiger partial charge in [0.25, 0.3) is 0 Å². The Morgan fingerprint density at radius 1 is 1.30 bits per heavy atom. The van der Waals surface area contributed by atoms with Crippen molar-refractivity contribution in [1.82, 2.24) is 4.90 Å². The fourth-order valence-electron chi connectivity index (χ4n) is 1.14. The van der Waals surface area contributed by atoms with Gasteiger partial charge in [0.2, 0.25) is 0 Å². The Hall–Kier alpha value is -0.720. The molecule has 0 fully saturated rings. The number of hydrogen-bond acceptors (Lipinski definition) is 1. The highest BCUT2D eigenvalue weighted by molar-refractivity contribution is 5.34. The first-order valence-electron chi connectivity index (χ1n) is 3.68. The SMILES string of the molecule is CC1=CCN(C)C(C)=C1C. The third kappa shape index (κ3) is 1.08. The van der Waals surface area contributed by atoms with Crippen molar-refractivity contribution in [2.45, 2.75) is 20.8 Å². The van der Waals surface area contributed by atoms with E-state index in [9.17, 15) is 0 Å². The highest BCUT2D eigenvalue weighted by atomic mass is 15.1. The summed E-state index contributed by atoms with van der Waals surface area (Å²) in [4.78, 5) is 2.27. The van der Waals surface area contributed by atoms with Gasteiger partial charge in [-0.15, -0.1) is 0 Å². The standard InChI is InChI=1S/C9H15N/c1-7-5-6-10(4)9(3)8(7)2/h5H,6H2,1-4H3. The molecule has 1 heteroatoms. The molecule has 56 valence electrons. The third-order valence-corrected chi connectivity index (χ3v) is 2.38. The van der Waals surface area contributed by atoms with Crippen LogP contribution in [-0.4, -0.2) is 18.5 Å². The lowest BCUT2D eigenvalue weighted by Gasteiger charge is -2.25. The van der Waals surface area contributed by atoms with Crippen LogP contribution in [0.4, 0.5) is 0 Å². The van der Waals surface area contributed by atoms with Gasteiger partial charge in [-0.3, -0.25) is 0 Å². The summed E-state index contributed by atoms with van der Waals surface area (Å²) in [6.07, 6.45) is 2.27. The summed E-state index contributed by atoms with van der Waals surface area (Å²) in [6.45, 7) is 7.59. The molecule has 1 aliphatic heterocycles. The van der Waals surface area contributed by atoms with Gasteiger partial charge in [-0.25, -0.2) is 0 Å². The van der Waals surface area contributed by atoms with Gasteiger partial charge in [0.15, 0.2) is 0 Å². The van der Waals surface area contributed by atoms with E-state index in [-0.39, 0.29) is 0 Å². The smallest absolute Gasteiger partial charge is 0.0358 e. The van der Waals surface area contributed by atoms with Crippen LogP contribution in [0.2, 0.25) is 0 Å². The highest BCUT2D eigenvalue weighted by Crippen LogP contribution is 2.19. The van der Waals surface area contributed by atoms with Crippen molar-refractivity contribution in [1.29, 1.82) is 0 Å². The predicted octanol–water partition coefficient (Wildman–Crippen LogP) is 2.17. The Balaban J connectivity index is 2.94. The Morgan fingerprint density at radius 3 is 2.40 bits per heavy atom. The summed E-state index contributed by atoms with van der Waals surface area (Å²) in [5.74, 6) is 0. The topological polar surface area (TPSA) is 3.24 Å². The molecule has 0 spiro atoms.